The molecule has 4 nitrogen and oxygen atoms in total. The highest BCUT2D eigenvalue weighted by Gasteiger charge is 2.14. The summed E-state index contributed by atoms with van der Waals surface area (Å²) in [5.74, 6) is 1.07. The molecule has 90 valence electrons. The third kappa shape index (κ3) is 7.33. The third-order valence-corrected chi connectivity index (χ3v) is 2.55. The van der Waals surface area contributed by atoms with Crippen molar-refractivity contribution < 1.29 is 9.63 Å². The summed E-state index contributed by atoms with van der Waals surface area (Å²) in [4.78, 5) is 16.1. The van der Waals surface area contributed by atoms with E-state index in [4.69, 9.17) is 10.6 Å². The lowest BCUT2D eigenvalue weighted by Gasteiger charge is -2.19. The Labute approximate surface area is 92.5 Å². The predicted octanol–water partition coefficient (Wildman–Crippen LogP) is 1.46. The second-order valence-electron chi connectivity index (χ2n) is 4.08. The zero-order chi connectivity index (χ0) is 11.7. The highest BCUT2D eigenvalue weighted by molar-refractivity contribution is 5.74. The normalized spacial score (nSPS) is 12.9. The first-order valence-electron chi connectivity index (χ1n) is 5.72. The van der Waals surface area contributed by atoms with Crippen molar-refractivity contribution in [2.24, 2.45) is 17.6 Å². The van der Waals surface area contributed by atoms with E-state index in [0.717, 1.165) is 12.8 Å². The van der Waals surface area contributed by atoms with Crippen LogP contribution in [0.2, 0.25) is 0 Å². The topological polar surface area (TPSA) is 64.3 Å². The minimum atomic E-state index is -0.0421. The fraction of sp³-hybridized carbons (Fsp3) is 0.909. The maximum absolute atomic E-state index is 11.3. The molecule has 0 aromatic carbocycles. The summed E-state index contributed by atoms with van der Waals surface area (Å²) in [6.45, 7) is 7.37. The second-order valence-corrected chi connectivity index (χ2v) is 4.08. The Morgan fingerprint density at radius 2 is 2.07 bits per heavy atom. The van der Waals surface area contributed by atoms with Gasteiger partial charge in [0.2, 0.25) is 5.91 Å². The molecular formula is C11H24N2O2. The maximum Gasteiger partial charge on any atom is 0.243 e. The first-order valence-corrected chi connectivity index (χ1v) is 5.72. The number of amides is 1. The monoisotopic (exact) mass is 216 g/mol. The molecule has 1 atom stereocenters. The fourth-order valence-electron chi connectivity index (χ4n) is 1.55. The van der Waals surface area contributed by atoms with Crippen molar-refractivity contribution in [1.82, 2.24) is 5.48 Å². The number of hydrogen-bond acceptors (Lipinski definition) is 3. The molecule has 0 bridgehead atoms. The molecular weight excluding hydrogens is 192 g/mol. The quantitative estimate of drug-likeness (QED) is 0.604. The molecule has 0 saturated carbocycles. The number of carbonyl (C=O) groups excluding carboxylic acids is 1. The van der Waals surface area contributed by atoms with Crippen LogP contribution in [0.25, 0.3) is 0 Å². The standard InChI is InChI=1S/C11H24N2O2/c1-4-15-13-11(14)6-5-10(7-8-12)9(2)3/h9-10H,4-8,12H2,1-3H3,(H,13,14). The average Bonchev–Trinajstić information content (AvgIpc) is 2.20. The molecule has 0 spiro atoms. The van der Waals surface area contributed by atoms with Gasteiger partial charge in [0.25, 0.3) is 0 Å². The van der Waals surface area contributed by atoms with E-state index in [2.05, 4.69) is 19.3 Å². The van der Waals surface area contributed by atoms with Crippen LogP contribution < -0.4 is 11.2 Å². The Balaban J connectivity index is 3.73. The van der Waals surface area contributed by atoms with E-state index in [-0.39, 0.29) is 5.91 Å². The first-order chi connectivity index (χ1) is 7.11. The van der Waals surface area contributed by atoms with E-state index < -0.39 is 0 Å². The highest BCUT2D eigenvalue weighted by Crippen LogP contribution is 2.20. The van der Waals surface area contributed by atoms with E-state index in [0.29, 0.717) is 31.4 Å². The number of rotatable bonds is 8. The van der Waals surface area contributed by atoms with Crippen LogP contribution in [0.4, 0.5) is 0 Å². The molecule has 0 aliphatic carbocycles. The zero-order valence-corrected chi connectivity index (χ0v) is 10.1. The minimum absolute atomic E-state index is 0.0421. The van der Waals surface area contributed by atoms with Crippen LogP contribution in [0.3, 0.4) is 0 Å². The van der Waals surface area contributed by atoms with Crippen molar-refractivity contribution in [1.29, 1.82) is 0 Å². The molecule has 0 fully saturated rings. The predicted molar refractivity (Wildman–Crippen MR) is 61.0 cm³/mol. The summed E-state index contributed by atoms with van der Waals surface area (Å²) in [6, 6.07) is 0. The molecule has 0 radical (unpaired) electrons. The summed E-state index contributed by atoms with van der Waals surface area (Å²) in [7, 11) is 0. The van der Waals surface area contributed by atoms with Crippen molar-refractivity contribution in [3.8, 4) is 0 Å². The van der Waals surface area contributed by atoms with Crippen LogP contribution in [0.5, 0.6) is 0 Å². The maximum atomic E-state index is 11.3. The van der Waals surface area contributed by atoms with E-state index >= 15 is 0 Å². The van der Waals surface area contributed by atoms with Crippen LogP contribution in [0.1, 0.15) is 40.0 Å². The van der Waals surface area contributed by atoms with Crippen LogP contribution >= 0.6 is 0 Å². The highest BCUT2D eigenvalue weighted by atomic mass is 16.6. The van der Waals surface area contributed by atoms with Gasteiger partial charge in [0, 0.05) is 6.42 Å². The number of carbonyl (C=O) groups is 1. The summed E-state index contributed by atoms with van der Waals surface area (Å²) in [5, 5.41) is 0. The lowest BCUT2D eigenvalue weighted by Crippen LogP contribution is -2.25. The van der Waals surface area contributed by atoms with Crippen molar-refractivity contribution in [2.45, 2.75) is 40.0 Å². The van der Waals surface area contributed by atoms with Gasteiger partial charge in [-0.2, -0.15) is 0 Å². The molecule has 0 aliphatic rings. The molecule has 0 saturated heterocycles. The largest absolute Gasteiger partial charge is 0.330 e. The zero-order valence-electron chi connectivity index (χ0n) is 10.1. The van der Waals surface area contributed by atoms with Gasteiger partial charge in [-0.3, -0.25) is 9.63 Å². The Morgan fingerprint density at radius 3 is 2.53 bits per heavy atom. The smallest absolute Gasteiger partial charge is 0.243 e. The van der Waals surface area contributed by atoms with Gasteiger partial charge in [-0.25, -0.2) is 5.48 Å². The molecule has 3 N–H and O–H groups in total. The number of hydroxylamine groups is 1. The Bertz CT molecular complexity index is 172. The summed E-state index contributed by atoms with van der Waals surface area (Å²) >= 11 is 0. The third-order valence-electron chi connectivity index (χ3n) is 2.55. The number of nitrogens with two attached hydrogens (primary N) is 1. The van der Waals surface area contributed by atoms with Gasteiger partial charge in [-0.1, -0.05) is 13.8 Å². The second kappa shape index (κ2) is 8.68. The van der Waals surface area contributed by atoms with Crippen molar-refractivity contribution >= 4 is 5.91 Å². The van der Waals surface area contributed by atoms with Gasteiger partial charge in [-0.15, -0.1) is 0 Å². The van der Waals surface area contributed by atoms with Gasteiger partial charge in [0.05, 0.1) is 6.61 Å². The van der Waals surface area contributed by atoms with Gasteiger partial charge in [0.1, 0.15) is 0 Å². The molecule has 0 rings (SSSR count). The van der Waals surface area contributed by atoms with Crippen LogP contribution in [0.15, 0.2) is 0 Å². The summed E-state index contributed by atoms with van der Waals surface area (Å²) in [5.41, 5.74) is 7.93. The SMILES string of the molecule is CCONC(=O)CCC(CCN)C(C)C. The molecule has 0 heterocycles. The van der Waals surface area contributed by atoms with Gasteiger partial charge >= 0.3 is 0 Å². The van der Waals surface area contributed by atoms with E-state index in [1.54, 1.807) is 0 Å². The Kier molecular flexibility index (Phi) is 8.33. The lowest BCUT2D eigenvalue weighted by molar-refractivity contribution is -0.133. The number of hydrogen-bond donors (Lipinski definition) is 2. The van der Waals surface area contributed by atoms with Crippen LogP contribution in [-0.4, -0.2) is 19.1 Å². The molecule has 0 aliphatic heterocycles. The van der Waals surface area contributed by atoms with Gasteiger partial charge < -0.3 is 5.73 Å². The molecule has 0 aromatic rings. The van der Waals surface area contributed by atoms with Crippen molar-refractivity contribution in [3.63, 3.8) is 0 Å². The lowest BCUT2D eigenvalue weighted by atomic mass is 9.88. The fourth-order valence-corrected chi connectivity index (χ4v) is 1.55. The molecule has 15 heavy (non-hydrogen) atoms. The van der Waals surface area contributed by atoms with Gasteiger partial charge in [0.15, 0.2) is 0 Å². The first kappa shape index (κ1) is 14.4. The van der Waals surface area contributed by atoms with Crippen LogP contribution in [0, 0.1) is 11.8 Å². The average molecular weight is 216 g/mol. The Morgan fingerprint density at radius 1 is 1.40 bits per heavy atom. The Hall–Kier alpha value is -0.610. The van der Waals surface area contributed by atoms with E-state index in [1.807, 2.05) is 6.92 Å². The van der Waals surface area contributed by atoms with E-state index in [9.17, 15) is 4.79 Å². The van der Waals surface area contributed by atoms with Crippen LogP contribution in [-0.2, 0) is 9.63 Å². The molecule has 1 amide bonds. The molecule has 4 heteroatoms. The molecule has 0 aromatic heterocycles. The minimum Gasteiger partial charge on any atom is -0.330 e. The van der Waals surface area contributed by atoms with Crippen molar-refractivity contribution in [3.05, 3.63) is 0 Å². The molecule has 1 unspecified atom stereocenters. The van der Waals surface area contributed by atoms with Crippen molar-refractivity contribution in [2.75, 3.05) is 13.2 Å². The van der Waals surface area contributed by atoms with Gasteiger partial charge in [-0.05, 0) is 38.1 Å². The summed E-state index contributed by atoms with van der Waals surface area (Å²) < 4.78 is 0. The van der Waals surface area contributed by atoms with E-state index in [1.165, 1.54) is 0 Å². The summed E-state index contributed by atoms with van der Waals surface area (Å²) in [6.07, 6.45) is 2.39. The number of nitrogens with one attached hydrogen (secondary N) is 1.